The first-order valence-corrected chi connectivity index (χ1v) is 8.90. The number of carbonyl (C=O) groups is 1. The molecular weight excluding hydrogens is 342 g/mol. The third-order valence-electron chi connectivity index (χ3n) is 4.27. The van der Waals surface area contributed by atoms with E-state index in [1.165, 1.54) is 29.5 Å². The summed E-state index contributed by atoms with van der Waals surface area (Å²) in [7, 11) is 0. The van der Waals surface area contributed by atoms with E-state index in [1.54, 1.807) is 11.0 Å². The summed E-state index contributed by atoms with van der Waals surface area (Å²) in [5.41, 5.74) is 0.254. The highest BCUT2D eigenvalue weighted by Crippen LogP contribution is 2.21. The lowest BCUT2D eigenvalue weighted by atomic mass is 10.1. The molecular formula is C17H19N3O4S. The Morgan fingerprint density at radius 3 is 2.64 bits per heavy atom. The van der Waals surface area contributed by atoms with Crippen molar-refractivity contribution in [2.24, 2.45) is 0 Å². The highest BCUT2D eigenvalue weighted by Gasteiger charge is 2.24. The summed E-state index contributed by atoms with van der Waals surface area (Å²) in [5.74, 6) is -0.192. The molecule has 0 radical (unpaired) electrons. The molecule has 1 aliphatic heterocycles. The number of amides is 1. The number of benzene rings is 1. The van der Waals surface area contributed by atoms with Crippen LogP contribution in [0.4, 0.5) is 5.69 Å². The zero-order valence-corrected chi connectivity index (χ0v) is 14.4. The maximum atomic E-state index is 12.5. The average Bonchev–Trinajstić information content (AvgIpc) is 3.17. The Labute approximate surface area is 149 Å². The van der Waals surface area contributed by atoms with Crippen molar-refractivity contribution in [1.82, 2.24) is 9.80 Å². The van der Waals surface area contributed by atoms with Gasteiger partial charge >= 0.3 is 0 Å². The van der Waals surface area contributed by atoms with Crippen LogP contribution in [0.2, 0.25) is 0 Å². The van der Waals surface area contributed by atoms with Crippen LogP contribution in [0.1, 0.15) is 21.3 Å². The lowest BCUT2D eigenvalue weighted by Crippen LogP contribution is -2.49. The van der Waals surface area contributed by atoms with Crippen LogP contribution < -0.4 is 0 Å². The predicted octanol–water partition coefficient (Wildman–Crippen LogP) is 2.15. The average molecular weight is 361 g/mol. The fourth-order valence-electron chi connectivity index (χ4n) is 2.88. The SMILES string of the molecule is O=C(c1cccc([N+](=O)[O-])c1)N1CCN(CC(O)c2cccs2)CC1. The van der Waals surface area contributed by atoms with Gasteiger partial charge in [0.2, 0.25) is 0 Å². The van der Waals surface area contributed by atoms with Crippen molar-refractivity contribution in [3.8, 4) is 0 Å². The molecule has 132 valence electrons. The predicted molar refractivity (Wildman–Crippen MR) is 94.7 cm³/mol. The number of carbonyl (C=O) groups excluding carboxylic acids is 1. The zero-order valence-electron chi connectivity index (χ0n) is 13.6. The van der Waals surface area contributed by atoms with E-state index >= 15 is 0 Å². The van der Waals surface area contributed by atoms with E-state index in [1.807, 2.05) is 17.5 Å². The smallest absolute Gasteiger partial charge is 0.270 e. The van der Waals surface area contributed by atoms with E-state index in [0.29, 0.717) is 38.3 Å². The fourth-order valence-corrected chi connectivity index (χ4v) is 3.59. The normalized spacial score (nSPS) is 16.6. The number of non-ortho nitro benzene ring substituents is 1. The summed E-state index contributed by atoms with van der Waals surface area (Å²) in [6.07, 6.45) is -0.515. The van der Waals surface area contributed by atoms with Gasteiger partial charge in [-0.1, -0.05) is 12.1 Å². The van der Waals surface area contributed by atoms with Crippen LogP contribution >= 0.6 is 11.3 Å². The van der Waals surface area contributed by atoms with Crippen LogP contribution in [0, 0.1) is 10.1 Å². The highest BCUT2D eigenvalue weighted by atomic mass is 32.1. The van der Waals surface area contributed by atoms with Crippen LogP contribution in [0.3, 0.4) is 0 Å². The number of aliphatic hydroxyl groups is 1. The first-order valence-electron chi connectivity index (χ1n) is 8.02. The summed E-state index contributed by atoms with van der Waals surface area (Å²) in [5, 5.41) is 23.0. The van der Waals surface area contributed by atoms with Crippen molar-refractivity contribution in [2.75, 3.05) is 32.7 Å². The van der Waals surface area contributed by atoms with Gasteiger partial charge in [0, 0.05) is 55.3 Å². The second-order valence-corrected chi connectivity index (χ2v) is 6.91. The molecule has 1 aromatic heterocycles. The minimum absolute atomic E-state index is 0.0800. The lowest BCUT2D eigenvalue weighted by molar-refractivity contribution is -0.384. The van der Waals surface area contributed by atoms with Gasteiger partial charge in [-0.3, -0.25) is 19.8 Å². The summed E-state index contributed by atoms with van der Waals surface area (Å²) in [6.45, 7) is 2.96. The van der Waals surface area contributed by atoms with Gasteiger partial charge in [-0.05, 0) is 17.5 Å². The molecule has 1 aliphatic rings. The van der Waals surface area contributed by atoms with E-state index in [2.05, 4.69) is 4.90 Å². The molecule has 2 heterocycles. The van der Waals surface area contributed by atoms with Crippen molar-refractivity contribution in [3.05, 3.63) is 62.3 Å². The van der Waals surface area contributed by atoms with E-state index in [9.17, 15) is 20.0 Å². The van der Waals surface area contributed by atoms with Crippen LogP contribution in [0.25, 0.3) is 0 Å². The first-order chi connectivity index (χ1) is 12.0. The Balaban J connectivity index is 1.56. The van der Waals surface area contributed by atoms with Crippen molar-refractivity contribution in [1.29, 1.82) is 0 Å². The van der Waals surface area contributed by atoms with Crippen molar-refractivity contribution in [3.63, 3.8) is 0 Å². The van der Waals surface area contributed by atoms with Crippen LogP contribution in [0.5, 0.6) is 0 Å². The van der Waals surface area contributed by atoms with E-state index in [-0.39, 0.29) is 11.6 Å². The Hall–Kier alpha value is -2.29. The minimum Gasteiger partial charge on any atom is -0.386 e. The van der Waals surface area contributed by atoms with Gasteiger partial charge in [0.05, 0.1) is 4.92 Å². The molecule has 1 unspecified atom stereocenters. The van der Waals surface area contributed by atoms with Gasteiger partial charge in [0.1, 0.15) is 6.10 Å². The van der Waals surface area contributed by atoms with Crippen molar-refractivity contribution >= 4 is 22.9 Å². The van der Waals surface area contributed by atoms with E-state index < -0.39 is 11.0 Å². The Bertz CT molecular complexity index is 742. The van der Waals surface area contributed by atoms with Crippen molar-refractivity contribution in [2.45, 2.75) is 6.10 Å². The van der Waals surface area contributed by atoms with E-state index in [0.717, 1.165) is 4.88 Å². The molecule has 0 spiro atoms. The minimum atomic E-state index is -0.515. The molecule has 1 N–H and O–H groups in total. The number of rotatable bonds is 5. The second-order valence-electron chi connectivity index (χ2n) is 5.93. The number of nitrogens with zero attached hydrogens (tertiary/aromatic N) is 3. The fraction of sp³-hybridized carbons (Fsp3) is 0.353. The van der Waals surface area contributed by atoms with Gasteiger partial charge in [-0.15, -0.1) is 11.3 Å². The lowest BCUT2D eigenvalue weighted by Gasteiger charge is -2.35. The first kappa shape index (κ1) is 17.5. The molecule has 1 fully saturated rings. The summed E-state index contributed by atoms with van der Waals surface area (Å²) < 4.78 is 0. The molecule has 1 amide bonds. The number of β-amino-alcohol motifs (C(OH)–C–C–N with tert-alkyl or cyclic N) is 1. The molecule has 7 nitrogen and oxygen atoms in total. The molecule has 1 atom stereocenters. The molecule has 1 saturated heterocycles. The highest BCUT2D eigenvalue weighted by molar-refractivity contribution is 7.10. The van der Waals surface area contributed by atoms with Gasteiger partial charge in [-0.2, -0.15) is 0 Å². The number of nitro groups is 1. The standard InChI is InChI=1S/C17H19N3O4S/c21-15(16-5-2-10-25-16)12-18-6-8-19(9-7-18)17(22)13-3-1-4-14(11-13)20(23)24/h1-5,10-11,15,21H,6-9,12H2. The molecule has 1 aromatic carbocycles. The van der Waals surface area contributed by atoms with Crippen molar-refractivity contribution < 1.29 is 14.8 Å². The number of thiophene rings is 1. The Kier molecular flexibility index (Phi) is 5.42. The third-order valence-corrected chi connectivity index (χ3v) is 5.24. The number of hydrogen-bond acceptors (Lipinski definition) is 6. The van der Waals surface area contributed by atoms with Gasteiger partial charge in [0.15, 0.2) is 0 Å². The summed E-state index contributed by atoms with van der Waals surface area (Å²) >= 11 is 1.53. The topological polar surface area (TPSA) is 86.9 Å². The van der Waals surface area contributed by atoms with E-state index in [4.69, 9.17) is 0 Å². The second kappa shape index (κ2) is 7.73. The molecule has 8 heteroatoms. The van der Waals surface area contributed by atoms with Gasteiger partial charge < -0.3 is 10.0 Å². The quantitative estimate of drug-likeness (QED) is 0.651. The number of piperazine rings is 1. The Morgan fingerprint density at radius 1 is 1.24 bits per heavy atom. The maximum absolute atomic E-state index is 12.5. The number of hydrogen-bond donors (Lipinski definition) is 1. The molecule has 0 bridgehead atoms. The largest absolute Gasteiger partial charge is 0.386 e. The molecule has 2 aromatic rings. The third kappa shape index (κ3) is 4.22. The van der Waals surface area contributed by atoms with Crippen LogP contribution in [-0.4, -0.2) is 58.5 Å². The molecule has 0 aliphatic carbocycles. The molecule has 25 heavy (non-hydrogen) atoms. The number of nitro benzene ring substituents is 1. The summed E-state index contributed by atoms with van der Waals surface area (Å²) in [6, 6.07) is 9.65. The molecule has 3 rings (SSSR count). The zero-order chi connectivity index (χ0) is 17.8. The van der Waals surface area contributed by atoms with Crippen LogP contribution in [-0.2, 0) is 0 Å². The Morgan fingerprint density at radius 2 is 2.00 bits per heavy atom. The van der Waals surface area contributed by atoms with Crippen LogP contribution in [0.15, 0.2) is 41.8 Å². The molecule has 0 saturated carbocycles. The van der Waals surface area contributed by atoms with Gasteiger partial charge in [-0.25, -0.2) is 0 Å². The monoisotopic (exact) mass is 361 g/mol. The van der Waals surface area contributed by atoms with Gasteiger partial charge in [0.25, 0.3) is 11.6 Å². The summed E-state index contributed by atoms with van der Waals surface area (Å²) in [4.78, 5) is 27.6. The maximum Gasteiger partial charge on any atom is 0.270 e. The number of aliphatic hydroxyl groups excluding tert-OH is 1.